The Morgan fingerprint density at radius 3 is 1.25 bits per heavy atom. The second kappa shape index (κ2) is 16.3. The molecule has 4 N–H and O–H groups in total. The summed E-state index contributed by atoms with van der Waals surface area (Å²) in [5.41, 5.74) is 0. The molecule has 0 aliphatic carbocycles. The molecule has 0 rings (SSSR count). The van der Waals surface area contributed by atoms with Crippen molar-refractivity contribution >= 4 is 0 Å². The van der Waals surface area contributed by atoms with Gasteiger partial charge in [0.1, 0.15) is 0 Å². The largest absolute Gasteiger partial charge is 0.317 e. The van der Waals surface area contributed by atoms with Crippen LogP contribution < -0.4 is 21.3 Å². The van der Waals surface area contributed by atoms with Gasteiger partial charge < -0.3 is 21.3 Å². The molecule has 0 aromatic carbocycles. The van der Waals surface area contributed by atoms with Gasteiger partial charge in [0.2, 0.25) is 0 Å². The molecule has 0 spiro atoms. The Kier molecular flexibility index (Phi) is 16.2. The van der Waals surface area contributed by atoms with Crippen LogP contribution in [0, 0.1) is 0 Å². The number of nitrogens with one attached hydrogen (secondary N) is 4. The fourth-order valence-electron chi connectivity index (χ4n) is 3.45. The smallest absolute Gasteiger partial charge is 0.00640 e. The Labute approximate surface area is 152 Å². The first kappa shape index (κ1) is 23.8. The van der Waals surface area contributed by atoms with Gasteiger partial charge in [-0.3, -0.25) is 0 Å². The maximum atomic E-state index is 3.52. The zero-order chi connectivity index (χ0) is 18.2. The predicted molar refractivity (Wildman–Crippen MR) is 109 cm³/mol. The van der Waals surface area contributed by atoms with E-state index in [1.165, 1.54) is 64.2 Å². The fraction of sp³-hybridized carbons (Fsp3) is 1.00. The van der Waals surface area contributed by atoms with Gasteiger partial charge in [0.05, 0.1) is 0 Å². The maximum Gasteiger partial charge on any atom is 0.00640 e. The molecule has 0 radical (unpaired) electrons. The number of hydrogen-bond acceptors (Lipinski definition) is 4. The molecule has 146 valence electrons. The lowest BCUT2D eigenvalue weighted by Gasteiger charge is -2.21. The van der Waals surface area contributed by atoms with Crippen LogP contribution in [0.4, 0.5) is 0 Å². The highest BCUT2D eigenvalue weighted by Gasteiger charge is 2.11. The van der Waals surface area contributed by atoms with Gasteiger partial charge in [-0.05, 0) is 80.1 Å². The molecule has 0 fully saturated rings. The van der Waals surface area contributed by atoms with E-state index in [-0.39, 0.29) is 0 Å². The molecule has 0 bridgehead atoms. The minimum absolute atomic E-state index is 0.640. The molecule has 0 aliphatic rings. The first-order chi connectivity index (χ1) is 11.6. The van der Waals surface area contributed by atoms with E-state index in [1.54, 1.807) is 0 Å². The van der Waals surface area contributed by atoms with E-state index < -0.39 is 0 Å². The second-order valence-electron chi connectivity index (χ2n) is 7.35. The Morgan fingerprint density at radius 1 is 0.542 bits per heavy atom. The molecular formula is C20H46N4. The zero-order valence-corrected chi connectivity index (χ0v) is 17.4. The molecule has 4 atom stereocenters. The van der Waals surface area contributed by atoms with E-state index in [1.807, 2.05) is 0 Å². The van der Waals surface area contributed by atoms with Crippen LogP contribution in [0.25, 0.3) is 0 Å². The van der Waals surface area contributed by atoms with Crippen molar-refractivity contribution in [2.45, 2.75) is 102 Å². The minimum atomic E-state index is 0.640. The highest BCUT2D eigenvalue weighted by atomic mass is 14.9. The van der Waals surface area contributed by atoms with Gasteiger partial charge in [0.15, 0.2) is 0 Å². The van der Waals surface area contributed by atoms with Gasteiger partial charge in [-0.2, -0.15) is 0 Å². The van der Waals surface area contributed by atoms with E-state index in [4.69, 9.17) is 0 Å². The van der Waals surface area contributed by atoms with Crippen molar-refractivity contribution in [1.29, 1.82) is 0 Å². The molecule has 0 aliphatic heterocycles. The molecule has 4 unspecified atom stereocenters. The van der Waals surface area contributed by atoms with Crippen molar-refractivity contribution in [1.82, 2.24) is 21.3 Å². The summed E-state index contributed by atoms with van der Waals surface area (Å²) in [6.45, 7) is 4.54. The molecule has 0 aromatic rings. The van der Waals surface area contributed by atoms with Crippen LogP contribution in [-0.2, 0) is 0 Å². The lowest BCUT2D eigenvalue weighted by Crippen LogP contribution is -2.29. The SMILES string of the molecule is CCC(CCCC(CCCC(CCCC(C)NC)NC)NC)NC. The molecule has 24 heavy (non-hydrogen) atoms. The Morgan fingerprint density at radius 2 is 0.917 bits per heavy atom. The minimum Gasteiger partial charge on any atom is -0.317 e. The lowest BCUT2D eigenvalue weighted by molar-refractivity contribution is 0.388. The van der Waals surface area contributed by atoms with E-state index >= 15 is 0 Å². The first-order valence-electron chi connectivity index (χ1n) is 10.3. The summed E-state index contributed by atoms with van der Waals surface area (Å²) >= 11 is 0. The van der Waals surface area contributed by atoms with Crippen LogP contribution >= 0.6 is 0 Å². The number of hydrogen-bond donors (Lipinski definition) is 4. The van der Waals surface area contributed by atoms with Crippen molar-refractivity contribution in [3.63, 3.8) is 0 Å². The highest BCUT2D eigenvalue weighted by molar-refractivity contribution is 4.72. The van der Waals surface area contributed by atoms with E-state index in [2.05, 4.69) is 63.3 Å². The van der Waals surface area contributed by atoms with E-state index in [0.29, 0.717) is 24.2 Å². The Balaban J connectivity index is 3.84. The molecular weight excluding hydrogens is 296 g/mol. The third-order valence-electron chi connectivity index (χ3n) is 5.61. The molecule has 0 saturated carbocycles. The molecule has 0 amide bonds. The summed E-state index contributed by atoms with van der Waals surface area (Å²) in [6, 6.07) is 2.69. The van der Waals surface area contributed by atoms with Gasteiger partial charge in [-0.1, -0.05) is 26.2 Å². The summed E-state index contributed by atoms with van der Waals surface area (Å²) in [5.74, 6) is 0. The van der Waals surface area contributed by atoms with Crippen LogP contribution in [-0.4, -0.2) is 52.4 Å². The summed E-state index contributed by atoms with van der Waals surface area (Å²) in [5, 5.41) is 13.8. The van der Waals surface area contributed by atoms with E-state index in [9.17, 15) is 0 Å². The fourth-order valence-corrected chi connectivity index (χ4v) is 3.45. The average Bonchev–Trinajstić information content (AvgIpc) is 2.61. The average molecular weight is 343 g/mol. The topological polar surface area (TPSA) is 48.1 Å². The third-order valence-corrected chi connectivity index (χ3v) is 5.61. The standard InChI is InChI=1S/C20H46N4/c1-7-18(22-4)12-9-14-20(24-6)16-10-15-19(23-5)13-8-11-17(2)21-3/h17-24H,7-16H2,1-6H3. The molecule has 0 aromatic heterocycles. The van der Waals surface area contributed by atoms with Gasteiger partial charge in [-0.15, -0.1) is 0 Å². The van der Waals surface area contributed by atoms with Gasteiger partial charge in [-0.25, -0.2) is 0 Å². The van der Waals surface area contributed by atoms with Gasteiger partial charge >= 0.3 is 0 Å². The Hall–Kier alpha value is -0.160. The zero-order valence-electron chi connectivity index (χ0n) is 17.4. The third kappa shape index (κ3) is 12.2. The van der Waals surface area contributed by atoms with Crippen LogP contribution in [0.5, 0.6) is 0 Å². The molecule has 0 heterocycles. The molecule has 0 saturated heterocycles. The summed E-state index contributed by atoms with van der Waals surface area (Å²) < 4.78 is 0. The first-order valence-corrected chi connectivity index (χ1v) is 10.3. The van der Waals surface area contributed by atoms with E-state index in [0.717, 1.165) is 0 Å². The lowest BCUT2D eigenvalue weighted by atomic mass is 9.97. The van der Waals surface area contributed by atoms with Gasteiger partial charge in [0.25, 0.3) is 0 Å². The second-order valence-corrected chi connectivity index (χ2v) is 7.35. The van der Waals surface area contributed by atoms with Crippen LogP contribution in [0.2, 0.25) is 0 Å². The van der Waals surface area contributed by atoms with Gasteiger partial charge in [0, 0.05) is 24.2 Å². The normalized spacial score (nSPS) is 16.8. The quantitative estimate of drug-likeness (QED) is 0.328. The van der Waals surface area contributed by atoms with Crippen molar-refractivity contribution in [3.05, 3.63) is 0 Å². The highest BCUT2D eigenvalue weighted by Crippen LogP contribution is 2.14. The van der Waals surface area contributed by atoms with Crippen molar-refractivity contribution < 1.29 is 0 Å². The maximum absolute atomic E-state index is 3.52. The van der Waals surface area contributed by atoms with Crippen molar-refractivity contribution in [2.24, 2.45) is 0 Å². The summed E-state index contributed by atoms with van der Waals surface area (Å²) in [4.78, 5) is 0. The van der Waals surface area contributed by atoms with Crippen molar-refractivity contribution in [2.75, 3.05) is 28.2 Å². The summed E-state index contributed by atoms with van der Waals surface area (Å²) in [6.07, 6.45) is 13.0. The number of rotatable bonds is 17. The van der Waals surface area contributed by atoms with Crippen LogP contribution in [0.1, 0.15) is 78.1 Å². The summed E-state index contributed by atoms with van der Waals surface area (Å²) in [7, 11) is 8.37. The predicted octanol–water partition coefficient (Wildman–Crippen LogP) is 3.28. The van der Waals surface area contributed by atoms with Crippen molar-refractivity contribution in [3.8, 4) is 0 Å². The van der Waals surface area contributed by atoms with Crippen LogP contribution in [0.3, 0.4) is 0 Å². The molecule has 4 heteroatoms. The molecule has 4 nitrogen and oxygen atoms in total. The van der Waals surface area contributed by atoms with Crippen LogP contribution in [0.15, 0.2) is 0 Å². The Bertz CT molecular complexity index is 256. The monoisotopic (exact) mass is 342 g/mol.